The second-order valence-corrected chi connectivity index (χ2v) is 10.0. The van der Waals surface area contributed by atoms with E-state index in [4.69, 9.17) is 16.3 Å². The third kappa shape index (κ3) is 6.40. The van der Waals surface area contributed by atoms with Crippen molar-refractivity contribution in [2.24, 2.45) is 5.92 Å². The number of halogens is 1. The van der Waals surface area contributed by atoms with Crippen LogP contribution in [-0.4, -0.2) is 65.8 Å². The number of amides is 1. The lowest BCUT2D eigenvalue weighted by atomic mass is 10.0. The number of aliphatic hydroxyl groups excluding tert-OH is 1. The molecule has 0 saturated carbocycles. The van der Waals surface area contributed by atoms with Crippen LogP contribution in [0.5, 0.6) is 5.88 Å². The summed E-state index contributed by atoms with van der Waals surface area (Å²) in [4.78, 5) is 22.1. The van der Waals surface area contributed by atoms with Crippen LogP contribution in [0.25, 0.3) is 0 Å². The number of ether oxygens (including phenoxy) is 1. The number of pyridine rings is 1. The van der Waals surface area contributed by atoms with E-state index in [-0.39, 0.29) is 17.9 Å². The van der Waals surface area contributed by atoms with Crippen molar-refractivity contribution in [3.05, 3.63) is 53.2 Å². The molecule has 2 aliphatic rings. The number of likely N-dealkylation sites (tertiary alicyclic amines) is 1. The van der Waals surface area contributed by atoms with Crippen LogP contribution in [0.4, 0.5) is 5.69 Å². The molecule has 0 radical (unpaired) electrons. The maximum atomic E-state index is 13.2. The van der Waals surface area contributed by atoms with Gasteiger partial charge in [0.2, 0.25) is 11.8 Å². The van der Waals surface area contributed by atoms with Crippen molar-refractivity contribution in [2.75, 3.05) is 37.6 Å². The van der Waals surface area contributed by atoms with E-state index in [1.54, 1.807) is 12.3 Å². The molecule has 2 aliphatic heterocycles. The van der Waals surface area contributed by atoms with Gasteiger partial charge in [0, 0.05) is 48.2 Å². The number of hydrogen-bond donors (Lipinski definition) is 2. The first-order chi connectivity index (χ1) is 16.4. The molecule has 0 aliphatic carbocycles. The third-order valence-electron chi connectivity index (χ3n) is 6.57. The quantitative estimate of drug-likeness (QED) is 0.563. The molecule has 4 rings (SSSR count). The number of nitrogens with one attached hydrogen (secondary N) is 1. The Balaban J connectivity index is 1.42. The summed E-state index contributed by atoms with van der Waals surface area (Å²) in [7, 11) is 0. The van der Waals surface area contributed by atoms with Crippen LogP contribution in [0.2, 0.25) is 5.02 Å². The van der Waals surface area contributed by atoms with Crippen LogP contribution in [0.15, 0.2) is 42.6 Å². The lowest BCUT2D eigenvalue weighted by Gasteiger charge is -2.29. The van der Waals surface area contributed by atoms with Crippen molar-refractivity contribution in [2.45, 2.75) is 51.4 Å². The van der Waals surface area contributed by atoms with Gasteiger partial charge in [-0.25, -0.2) is 4.98 Å². The van der Waals surface area contributed by atoms with E-state index in [0.717, 1.165) is 44.6 Å². The summed E-state index contributed by atoms with van der Waals surface area (Å²) in [5.41, 5.74) is 1.75. The number of carbonyl (C=O) groups is 1. The topological polar surface area (TPSA) is 77.9 Å². The Hall–Kier alpha value is -2.35. The van der Waals surface area contributed by atoms with Crippen molar-refractivity contribution in [3.63, 3.8) is 0 Å². The Kier molecular flexibility index (Phi) is 8.29. The molecule has 1 aromatic carbocycles. The molecule has 2 saturated heterocycles. The largest absolute Gasteiger partial charge is 0.475 e. The first-order valence-corrected chi connectivity index (χ1v) is 12.6. The fourth-order valence-electron chi connectivity index (χ4n) is 4.74. The fourth-order valence-corrected chi connectivity index (χ4v) is 4.87. The molecule has 8 heteroatoms. The number of benzene rings is 1. The zero-order valence-corrected chi connectivity index (χ0v) is 20.7. The normalized spacial score (nSPS) is 20.5. The molecule has 184 valence electrons. The number of hydrogen-bond acceptors (Lipinski definition) is 6. The van der Waals surface area contributed by atoms with Gasteiger partial charge in [0.25, 0.3) is 0 Å². The van der Waals surface area contributed by atoms with Crippen molar-refractivity contribution >= 4 is 23.2 Å². The molecule has 1 aromatic heterocycles. The van der Waals surface area contributed by atoms with Gasteiger partial charge in [-0.05, 0) is 76.5 Å². The van der Waals surface area contributed by atoms with Crippen LogP contribution >= 0.6 is 11.6 Å². The molecule has 2 aromatic rings. The van der Waals surface area contributed by atoms with Gasteiger partial charge in [-0.2, -0.15) is 0 Å². The molecular formula is C26H35ClN4O3. The second-order valence-electron chi connectivity index (χ2n) is 9.57. The first-order valence-electron chi connectivity index (χ1n) is 12.2. The molecule has 0 bridgehead atoms. The maximum absolute atomic E-state index is 13.2. The highest BCUT2D eigenvalue weighted by molar-refractivity contribution is 6.30. The van der Waals surface area contributed by atoms with Crippen LogP contribution in [0, 0.1) is 5.92 Å². The zero-order chi connectivity index (χ0) is 24.1. The summed E-state index contributed by atoms with van der Waals surface area (Å²) in [5, 5.41) is 15.1. The van der Waals surface area contributed by atoms with Gasteiger partial charge in [-0.3, -0.25) is 4.79 Å². The summed E-state index contributed by atoms with van der Waals surface area (Å²) in [6.07, 6.45) is 3.91. The van der Waals surface area contributed by atoms with Crippen LogP contribution in [0.1, 0.15) is 44.8 Å². The molecule has 34 heavy (non-hydrogen) atoms. The third-order valence-corrected chi connectivity index (χ3v) is 6.82. The molecule has 2 fully saturated rings. The smallest absolute Gasteiger partial charge is 0.225 e. The summed E-state index contributed by atoms with van der Waals surface area (Å²) in [5.74, 6) is 0.399. The number of rotatable bonds is 9. The van der Waals surface area contributed by atoms with Crippen molar-refractivity contribution in [1.29, 1.82) is 0 Å². The summed E-state index contributed by atoms with van der Waals surface area (Å²) in [6, 6.07) is 10.9. The molecule has 1 amide bonds. The van der Waals surface area contributed by atoms with Gasteiger partial charge in [0.05, 0.1) is 18.1 Å². The number of aliphatic hydroxyl groups is 1. The van der Waals surface area contributed by atoms with Gasteiger partial charge in [-0.15, -0.1) is 0 Å². The highest BCUT2D eigenvalue weighted by Crippen LogP contribution is 2.26. The average Bonchev–Trinajstić information content (AvgIpc) is 3.51. The lowest BCUT2D eigenvalue weighted by Crippen LogP contribution is -2.48. The van der Waals surface area contributed by atoms with Gasteiger partial charge >= 0.3 is 0 Å². The lowest BCUT2D eigenvalue weighted by molar-refractivity contribution is -0.126. The number of aromatic nitrogens is 1. The Bertz CT molecular complexity index is 932. The Morgan fingerprint density at radius 2 is 1.91 bits per heavy atom. The fraction of sp³-hybridized carbons (Fsp3) is 0.538. The molecule has 3 heterocycles. The second kappa shape index (κ2) is 11.4. The van der Waals surface area contributed by atoms with E-state index >= 15 is 0 Å². The van der Waals surface area contributed by atoms with Gasteiger partial charge in [-0.1, -0.05) is 11.6 Å². The average molecular weight is 487 g/mol. The monoisotopic (exact) mass is 486 g/mol. The Labute approximate surface area is 207 Å². The van der Waals surface area contributed by atoms with Gasteiger partial charge < -0.3 is 25.0 Å². The molecule has 0 unspecified atom stereocenters. The molecule has 0 spiro atoms. The SMILES string of the molecule is CC(C)Oc1ccc([C@@H](O)[C@@H](CN2CCCC2)NC(=O)[C@H]2CCN(c3ccc(Cl)cc3)C2)cn1. The summed E-state index contributed by atoms with van der Waals surface area (Å²) < 4.78 is 5.62. The van der Waals surface area contributed by atoms with E-state index < -0.39 is 12.1 Å². The predicted molar refractivity (Wildman–Crippen MR) is 134 cm³/mol. The highest BCUT2D eigenvalue weighted by Gasteiger charge is 2.33. The van der Waals surface area contributed by atoms with E-state index in [0.29, 0.717) is 29.6 Å². The summed E-state index contributed by atoms with van der Waals surface area (Å²) in [6.45, 7) is 7.97. The van der Waals surface area contributed by atoms with Crippen LogP contribution in [0.3, 0.4) is 0 Å². The van der Waals surface area contributed by atoms with E-state index in [1.165, 1.54) is 0 Å². The van der Waals surface area contributed by atoms with E-state index in [9.17, 15) is 9.90 Å². The zero-order valence-electron chi connectivity index (χ0n) is 20.0. The number of nitrogens with zero attached hydrogens (tertiary/aromatic N) is 3. The van der Waals surface area contributed by atoms with Gasteiger partial charge in [0.1, 0.15) is 6.10 Å². The predicted octanol–water partition coefficient (Wildman–Crippen LogP) is 3.66. The minimum atomic E-state index is -0.848. The van der Waals surface area contributed by atoms with Crippen molar-refractivity contribution < 1.29 is 14.6 Å². The molecule has 7 nitrogen and oxygen atoms in total. The van der Waals surface area contributed by atoms with Gasteiger partial charge in [0.15, 0.2) is 0 Å². The highest BCUT2D eigenvalue weighted by atomic mass is 35.5. The summed E-state index contributed by atoms with van der Waals surface area (Å²) >= 11 is 6.01. The molecule has 2 N–H and O–H groups in total. The molecular weight excluding hydrogens is 452 g/mol. The van der Waals surface area contributed by atoms with Crippen molar-refractivity contribution in [1.82, 2.24) is 15.2 Å². The van der Waals surface area contributed by atoms with Crippen molar-refractivity contribution in [3.8, 4) is 5.88 Å². The van der Waals surface area contributed by atoms with E-state index in [1.807, 2.05) is 44.2 Å². The number of carbonyl (C=O) groups excluding carboxylic acids is 1. The maximum Gasteiger partial charge on any atom is 0.225 e. The standard InChI is InChI=1S/C26H35ClN4O3/c1-18(2)34-24-10-5-19(15-28-24)25(32)23(17-30-12-3-4-13-30)29-26(33)20-11-14-31(16-20)22-8-6-21(27)7-9-22/h5-10,15,18,20,23,25,32H,3-4,11-14,16-17H2,1-2H3,(H,29,33)/t20-,23+,25+/m0/s1. The Morgan fingerprint density at radius 1 is 1.18 bits per heavy atom. The van der Waals surface area contributed by atoms with E-state index in [2.05, 4.69) is 20.1 Å². The minimum absolute atomic E-state index is 0.00701. The number of anilines is 1. The van der Waals surface area contributed by atoms with Crippen LogP contribution < -0.4 is 15.0 Å². The first kappa shape index (κ1) is 24.8. The Morgan fingerprint density at radius 3 is 2.56 bits per heavy atom. The molecule has 3 atom stereocenters. The van der Waals surface area contributed by atoms with Crippen LogP contribution in [-0.2, 0) is 4.79 Å². The minimum Gasteiger partial charge on any atom is -0.475 e.